The van der Waals surface area contributed by atoms with Crippen LogP contribution in [0, 0.1) is 0 Å². The predicted octanol–water partition coefficient (Wildman–Crippen LogP) is 3.81. The molecular weight excluding hydrogens is 416 g/mol. The van der Waals surface area contributed by atoms with E-state index in [1.807, 2.05) is 13.8 Å². The van der Waals surface area contributed by atoms with Gasteiger partial charge in [-0.3, -0.25) is 9.69 Å². The summed E-state index contributed by atoms with van der Waals surface area (Å²) in [7, 11) is 0. The molecule has 27 heavy (non-hydrogen) atoms. The molecule has 1 saturated heterocycles. The summed E-state index contributed by atoms with van der Waals surface area (Å²) in [5.74, 6) is 1.19. The van der Waals surface area contributed by atoms with Crippen LogP contribution in [0.2, 0.25) is 0 Å². The van der Waals surface area contributed by atoms with Crippen LogP contribution < -0.4 is 14.8 Å². The third kappa shape index (κ3) is 3.53. The van der Waals surface area contributed by atoms with Crippen molar-refractivity contribution in [3.63, 3.8) is 0 Å². The molecular formula is C19H21BrN2O5. The zero-order valence-corrected chi connectivity index (χ0v) is 17.0. The van der Waals surface area contributed by atoms with Crippen LogP contribution in [0.3, 0.4) is 0 Å². The van der Waals surface area contributed by atoms with E-state index in [1.165, 1.54) is 11.2 Å². The summed E-state index contributed by atoms with van der Waals surface area (Å²) in [6.07, 6.45) is 1.47. The fourth-order valence-electron chi connectivity index (χ4n) is 2.98. The fraction of sp³-hybridized carbons (Fsp3) is 0.368. The van der Waals surface area contributed by atoms with Crippen LogP contribution in [0.25, 0.3) is 0 Å². The number of carbonyl (C=O) groups is 2. The van der Waals surface area contributed by atoms with Gasteiger partial charge in [0.05, 0.1) is 26.0 Å². The summed E-state index contributed by atoms with van der Waals surface area (Å²) in [5, 5.41) is 2.72. The quantitative estimate of drug-likeness (QED) is 0.667. The van der Waals surface area contributed by atoms with Crippen molar-refractivity contribution < 1.29 is 23.5 Å². The zero-order valence-electron chi connectivity index (χ0n) is 15.4. The molecule has 0 radical (unpaired) electrons. The maximum absolute atomic E-state index is 12.9. The van der Waals surface area contributed by atoms with Gasteiger partial charge in [0.25, 0.3) is 5.91 Å². The summed E-state index contributed by atoms with van der Waals surface area (Å²) in [6.45, 7) is 6.46. The highest BCUT2D eigenvalue weighted by Crippen LogP contribution is 2.36. The van der Waals surface area contributed by atoms with E-state index in [0.717, 1.165) is 10.0 Å². The van der Waals surface area contributed by atoms with Crippen molar-refractivity contribution in [3.05, 3.63) is 46.3 Å². The average molecular weight is 437 g/mol. The lowest BCUT2D eigenvalue weighted by molar-refractivity contribution is -0.132. The van der Waals surface area contributed by atoms with Gasteiger partial charge in [0.15, 0.2) is 17.0 Å². The molecule has 1 atom stereocenters. The molecule has 1 fully saturated rings. The van der Waals surface area contributed by atoms with Crippen molar-refractivity contribution in [2.45, 2.75) is 32.9 Å². The van der Waals surface area contributed by atoms with Crippen LogP contribution in [0.1, 0.15) is 32.1 Å². The van der Waals surface area contributed by atoms with Gasteiger partial charge in [0.1, 0.15) is 5.76 Å². The molecule has 0 spiro atoms. The smallest absolute Gasteiger partial charge is 0.325 e. The van der Waals surface area contributed by atoms with E-state index in [0.29, 0.717) is 30.5 Å². The number of urea groups is 1. The Kier molecular flexibility index (Phi) is 5.46. The first kappa shape index (κ1) is 19.3. The van der Waals surface area contributed by atoms with Crippen molar-refractivity contribution in [2.24, 2.45) is 0 Å². The summed E-state index contributed by atoms with van der Waals surface area (Å²) in [6, 6.07) is 6.44. The minimum absolute atomic E-state index is 0.0913. The fourth-order valence-corrected chi connectivity index (χ4v) is 3.42. The van der Waals surface area contributed by atoms with E-state index >= 15 is 0 Å². The molecule has 1 aromatic carbocycles. The van der Waals surface area contributed by atoms with Crippen molar-refractivity contribution in [1.29, 1.82) is 0 Å². The largest absolute Gasteiger partial charge is 0.490 e. The molecule has 0 aliphatic carbocycles. The standard InChI is InChI=1S/C19H21BrN2O5/c1-4-25-14-9-12(13(20)10-15(14)26-5-2)11-22-17(23)19(3,21-18(22)24)16-7-6-8-27-16/h6-10H,4-5,11H2,1-3H3,(H,21,24)/t19-/m0/s1. The Balaban J connectivity index is 1.89. The maximum atomic E-state index is 12.9. The molecule has 1 N–H and O–H groups in total. The van der Waals surface area contributed by atoms with Gasteiger partial charge in [-0.2, -0.15) is 0 Å². The van der Waals surface area contributed by atoms with Crippen LogP contribution >= 0.6 is 15.9 Å². The Labute approximate surface area is 165 Å². The first-order valence-corrected chi connectivity index (χ1v) is 9.46. The van der Waals surface area contributed by atoms with Gasteiger partial charge in [0.2, 0.25) is 0 Å². The van der Waals surface area contributed by atoms with Crippen LogP contribution in [-0.4, -0.2) is 30.1 Å². The maximum Gasteiger partial charge on any atom is 0.325 e. The lowest BCUT2D eigenvalue weighted by atomic mass is 9.99. The first-order valence-electron chi connectivity index (χ1n) is 8.66. The molecule has 144 valence electrons. The minimum atomic E-state index is -1.22. The molecule has 1 aliphatic rings. The Morgan fingerprint density at radius 3 is 2.44 bits per heavy atom. The number of rotatable bonds is 7. The van der Waals surface area contributed by atoms with Gasteiger partial charge in [-0.05, 0) is 50.6 Å². The van der Waals surface area contributed by atoms with Gasteiger partial charge in [-0.1, -0.05) is 15.9 Å². The van der Waals surface area contributed by atoms with Gasteiger partial charge in [0, 0.05) is 4.47 Å². The summed E-state index contributed by atoms with van der Waals surface area (Å²) in [5.41, 5.74) is -0.491. The van der Waals surface area contributed by atoms with E-state index in [4.69, 9.17) is 13.9 Å². The Hall–Kier alpha value is -2.48. The molecule has 2 heterocycles. The topological polar surface area (TPSA) is 81.0 Å². The Bertz CT molecular complexity index is 852. The Morgan fingerprint density at radius 2 is 1.85 bits per heavy atom. The lowest BCUT2D eigenvalue weighted by Gasteiger charge is -2.20. The van der Waals surface area contributed by atoms with Crippen molar-refractivity contribution >= 4 is 27.9 Å². The number of ether oxygens (including phenoxy) is 2. The summed E-state index contributed by atoms with van der Waals surface area (Å²) >= 11 is 3.49. The molecule has 3 amide bonds. The third-order valence-electron chi connectivity index (χ3n) is 4.33. The van der Waals surface area contributed by atoms with Gasteiger partial charge >= 0.3 is 6.03 Å². The number of carbonyl (C=O) groups excluding carboxylic acids is 2. The van der Waals surface area contributed by atoms with Crippen LogP contribution in [0.5, 0.6) is 11.5 Å². The second-order valence-electron chi connectivity index (χ2n) is 6.18. The average Bonchev–Trinajstić information content (AvgIpc) is 3.23. The molecule has 0 unspecified atom stereocenters. The number of benzene rings is 1. The SMILES string of the molecule is CCOc1cc(Br)c(CN2C(=O)N[C@@](C)(c3ccco3)C2=O)cc1OCC. The van der Waals surface area contributed by atoms with E-state index in [2.05, 4.69) is 21.2 Å². The molecule has 8 heteroatoms. The third-order valence-corrected chi connectivity index (χ3v) is 5.07. The van der Waals surface area contributed by atoms with E-state index in [1.54, 1.807) is 31.2 Å². The number of nitrogens with one attached hydrogen (secondary N) is 1. The zero-order chi connectivity index (χ0) is 19.6. The number of halogens is 1. The number of furan rings is 1. The highest BCUT2D eigenvalue weighted by Gasteiger charge is 2.51. The molecule has 3 rings (SSSR count). The predicted molar refractivity (Wildman–Crippen MR) is 102 cm³/mol. The number of amides is 3. The normalized spacial score (nSPS) is 19.3. The van der Waals surface area contributed by atoms with Gasteiger partial charge in [-0.15, -0.1) is 0 Å². The summed E-state index contributed by atoms with van der Waals surface area (Å²) < 4.78 is 17.3. The molecule has 0 saturated carbocycles. The molecule has 1 aliphatic heterocycles. The number of imide groups is 1. The summed E-state index contributed by atoms with van der Waals surface area (Å²) in [4.78, 5) is 26.6. The van der Waals surface area contributed by atoms with Crippen molar-refractivity contribution in [2.75, 3.05) is 13.2 Å². The van der Waals surface area contributed by atoms with Crippen LogP contribution in [-0.2, 0) is 16.9 Å². The number of hydrogen-bond donors (Lipinski definition) is 1. The molecule has 7 nitrogen and oxygen atoms in total. The van der Waals surface area contributed by atoms with E-state index in [9.17, 15) is 9.59 Å². The molecule has 1 aromatic heterocycles. The second kappa shape index (κ2) is 7.64. The van der Waals surface area contributed by atoms with Crippen LogP contribution in [0.15, 0.2) is 39.4 Å². The minimum Gasteiger partial charge on any atom is -0.490 e. The van der Waals surface area contributed by atoms with Gasteiger partial charge in [-0.25, -0.2) is 4.79 Å². The highest BCUT2D eigenvalue weighted by atomic mass is 79.9. The number of hydrogen-bond acceptors (Lipinski definition) is 5. The van der Waals surface area contributed by atoms with Crippen LogP contribution in [0.4, 0.5) is 4.79 Å². The second-order valence-corrected chi connectivity index (χ2v) is 7.03. The number of nitrogens with zero attached hydrogens (tertiary/aromatic N) is 1. The van der Waals surface area contributed by atoms with Gasteiger partial charge < -0.3 is 19.2 Å². The molecule has 0 bridgehead atoms. The monoisotopic (exact) mass is 436 g/mol. The van der Waals surface area contributed by atoms with Crippen molar-refractivity contribution in [3.8, 4) is 11.5 Å². The Morgan fingerprint density at radius 1 is 1.19 bits per heavy atom. The first-order chi connectivity index (χ1) is 12.9. The van der Waals surface area contributed by atoms with E-state index < -0.39 is 11.6 Å². The molecule has 2 aromatic rings. The van der Waals surface area contributed by atoms with E-state index in [-0.39, 0.29) is 12.5 Å². The van der Waals surface area contributed by atoms with Crippen molar-refractivity contribution in [1.82, 2.24) is 10.2 Å². The lowest BCUT2D eigenvalue weighted by Crippen LogP contribution is -2.40. The highest BCUT2D eigenvalue weighted by molar-refractivity contribution is 9.10.